The van der Waals surface area contributed by atoms with Gasteiger partial charge in [-0.1, -0.05) is 54.6 Å². The van der Waals surface area contributed by atoms with Gasteiger partial charge in [0.2, 0.25) is 15.9 Å². The first kappa shape index (κ1) is 32.8. The van der Waals surface area contributed by atoms with Crippen molar-refractivity contribution in [1.29, 1.82) is 0 Å². The summed E-state index contributed by atoms with van der Waals surface area (Å²) in [4.78, 5) is 22.1. The molecule has 5 rings (SSSR count). The lowest BCUT2D eigenvalue weighted by molar-refractivity contribution is 0.188. The number of carbonyl (C=O) groups is 1. The highest BCUT2D eigenvalue weighted by Gasteiger charge is 2.24. The van der Waals surface area contributed by atoms with Crippen molar-refractivity contribution in [2.24, 2.45) is 0 Å². The Kier molecular flexibility index (Phi) is 11.6. The van der Waals surface area contributed by atoms with E-state index in [4.69, 9.17) is 4.74 Å². The smallest absolute Gasteiger partial charge is 0.322 e. The number of likely N-dealkylation sites (tertiary alicyclic amines) is 1. The number of hydrogen-bond acceptors (Lipinski definition) is 6. The van der Waals surface area contributed by atoms with Crippen molar-refractivity contribution >= 4 is 39.8 Å². The number of benzene rings is 3. The number of ether oxygens (including phenoxy) is 1. The van der Waals surface area contributed by atoms with Gasteiger partial charge in [-0.2, -0.15) is 0 Å². The molecule has 44 heavy (non-hydrogen) atoms. The van der Waals surface area contributed by atoms with Crippen LogP contribution in [0.15, 0.2) is 103 Å². The van der Waals surface area contributed by atoms with E-state index < -0.39 is 10.0 Å². The zero-order valence-electron chi connectivity index (χ0n) is 24.6. The van der Waals surface area contributed by atoms with Crippen LogP contribution in [0.1, 0.15) is 24.0 Å². The lowest BCUT2D eigenvalue weighted by atomic mass is 10.0. The number of anilines is 2. The second-order valence-corrected chi connectivity index (χ2v) is 12.5. The zero-order valence-corrected chi connectivity index (χ0v) is 26.3. The van der Waals surface area contributed by atoms with Gasteiger partial charge < -0.3 is 10.1 Å². The lowest BCUT2D eigenvalue weighted by Gasteiger charge is -2.34. The minimum absolute atomic E-state index is 0. The van der Waals surface area contributed by atoms with Crippen LogP contribution >= 0.6 is 12.4 Å². The average Bonchev–Trinajstić information content (AvgIpc) is 3.01. The molecule has 9 nitrogen and oxygen atoms in total. The van der Waals surface area contributed by atoms with E-state index in [1.807, 2.05) is 71.8 Å². The van der Waals surface area contributed by atoms with Gasteiger partial charge in [0.05, 0.1) is 6.26 Å². The summed E-state index contributed by atoms with van der Waals surface area (Å²) >= 11 is 0. The topological polar surface area (TPSA) is 104 Å². The minimum Gasteiger partial charge on any atom is -0.439 e. The Balaban J connectivity index is 0.00000442. The van der Waals surface area contributed by atoms with E-state index in [2.05, 4.69) is 32.1 Å². The Bertz CT molecular complexity index is 1570. The van der Waals surface area contributed by atoms with Crippen LogP contribution in [0.5, 0.6) is 11.6 Å². The van der Waals surface area contributed by atoms with Crippen molar-refractivity contribution in [1.82, 2.24) is 15.2 Å². The van der Waals surface area contributed by atoms with E-state index in [1.165, 1.54) is 5.56 Å². The summed E-state index contributed by atoms with van der Waals surface area (Å²) in [5, 5.41) is 3.28. The maximum atomic E-state index is 13.4. The van der Waals surface area contributed by atoms with Gasteiger partial charge in [-0.25, -0.2) is 18.2 Å². The van der Waals surface area contributed by atoms with E-state index in [-0.39, 0.29) is 24.5 Å². The standard InChI is InChI=1S/C33H37N5O4S.ClH/c1-43(40,41)36-29-13-15-31(16-14-29)42-32-17-12-27(24-34-32)25-37-21-19-28(20-22-37)35-33(39)38(30-10-6-3-7-11-30)23-18-26-8-4-2-5-9-26;/h2-17,24,28,36H,18-23,25H2,1H3,(H,35,39);1H. The SMILES string of the molecule is CS(=O)(=O)Nc1ccc(Oc2ccc(CN3CCC(NC(=O)N(CCc4ccccc4)c4ccccc4)CC3)cn2)cc1.Cl. The molecule has 0 spiro atoms. The van der Waals surface area contributed by atoms with Crippen molar-refractivity contribution in [3.05, 3.63) is 114 Å². The van der Waals surface area contributed by atoms with Gasteiger partial charge in [-0.15, -0.1) is 12.4 Å². The van der Waals surface area contributed by atoms with E-state index in [0.717, 1.165) is 56.4 Å². The number of piperidine rings is 1. The summed E-state index contributed by atoms with van der Waals surface area (Å²) in [6.07, 6.45) is 5.47. The number of hydrogen-bond donors (Lipinski definition) is 2. The molecule has 11 heteroatoms. The van der Waals surface area contributed by atoms with Crippen LogP contribution in [0.25, 0.3) is 0 Å². The van der Waals surface area contributed by atoms with Crippen molar-refractivity contribution in [3.8, 4) is 11.6 Å². The maximum Gasteiger partial charge on any atom is 0.322 e. The summed E-state index contributed by atoms with van der Waals surface area (Å²) in [5.41, 5.74) is 3.66. The maximum absolute atomic E-state index is 13.4. The average molecular weight is 636 g/mol. The van der Waals surface area contributed by atoms with Gasteiger partial charge in [-0.3, -0.25) is 14.5 Å². The molecule has 0 atom stereocenters. The number of aromatic nitrogens is 1. The third-order valence-electron chi connectivity index (χ3n) is 7.28. The highest BCUT2D eigenvalue weighted by Crippen LogP contribution is 2.23. The summed E-state index contributed by atoms with van der Waals surface area (Å²) in [5.74, 6) is 1.03. The van der Waals surface area contributed by atoms with Crippen LogP contribution in [0.2, 0.25) is 0 Å². The third-order valence-corrected chi connectivity index (χ3v) is 7.89. The molecule has 0 bridgehead atoms. The van der Waals surface area contributed by atoms with Crippen molar-refractivity contribution in [3.63, 3.8) is 0 Å². The molecule has 1 saturated heterocycles. The van der Waals surface area contributed by atoms with Gasteiger partial charge in [0.25, 0.3) is 0 Å². The summed E-state index contributed by atoms with van der Waals surface area (Å²) in [6.45, 7) is 3.14. The quantitative estimate of drug-likeness (QED) is 0.207. The molecule has 2 heterocycles. The number of urea groups is 1. The fourth-order valence-electron chi connectivity index (χ4n) is 5.08. The number of pyridine rings is 1. The molecular weight excluding hydrogens is 598 g/mol. The number of amides is 2. The highest BCUT2D eigenvalue weighted by molar-refractivity contribution is 7.92. The fourth-order valence-corrected chi connectivity index (χ4v) is 5.64. The van der Waals surface area contributed by atoms with E-state index in [9.17, 15) is 13.2 Å². The van der Waals surface area contributed by atoms with Gasteiger partial charge >= 0.3 is 6.03 Å². The highest BCUT2D eigenvalue weighted by atomic mass is 35.5. The first-order chi connectivity index (χ1) is 20.8. The molecule has 0 radical (unpaired) electrons. The number of nitrogens with one attached hydrogen (secondary N) is 2. The van der Waals surface area contributed by atoms with E-state index in [0.29, 0.717) is 23.9 Å². The van der Waals surface area contributed by atoms with E-state index in [1.54, 1.807) is 24.3 Å². The second-order valence-electron chi connectivity index (χ2n) is 10.7. The van der Waals surface area contributed by atoms with Crippen LogP contribution in [-0.2, 0) is 23.0 Å². The molecule has 1 aliphatic rings. The summed E-state index contributed by atoms with van der Waals surface area (Å²) in [6, 6.07) is 30.6. The predicted octanol–water partition coefficient (Wildman–Crippen LogP) is 6.09. The number of nitrogens with zero attached hydrogens (tertiary/aromatic N) is 3. The zero-order chi connectivity index (χ0) is 30.1. The molecule has 0 unspecified atom stereocenters. The largest absolute Gasteiger partial charge is 0.439 e. The van der Waals surface area contributed by atoms with Crippen LogP contribution in [0, 0.1) is 0 Å². The molecule has 2 amide bonds. The molecule has 0 saturated carbocycles. The van der Waals surface area contributed by atoms with Crippen LogP contribution in [0.4, 0.5) is 16.2 Å². The summed E-state index contributed by atoms with van der Waals surface area (Å²) < 4.78 is 31.0. The number of halogens is 1. The number of carbonyl (C=O) groups excluding carboxylic acids is 1. The van der Waals surface area contributed by atoms with Gasteiger partial charge in [0, 0.05) is 55.9 Å². The Hall–Kier alpha value is -4.12. The molecule has 232 valence electrons. The molecule has 4 aromatic rings. The van der Waals surface area contributed by atoms with Crippen LogP contribution < -0.4 is 19.7 Å². The molecule has 1 aromatic heterocycles. The summed E-state index contributed by atoms with van der Waals surface area (Å²) in [7, 11) is -3.33. The van der Waals surface area contributed by atoms with E-state index >= 15 is 0 Å². The lowest BCUT2D eigenvalue weighted by Crippen LogP contribution is -2.49. The van der Waals surface area contributed by atoms with Crippen LogP contribution in [0.3, 0.4) is 0 Å². The molecule has 1 fully saturated rings. The number of rotatable bonds is 11. The molecule has 2 N–H and O–H groups in total. The molecular formula is C33H38ClN5O4S. The van der Waals surface area contributed by atoms with Crippen molar-refractivity contribution < 1.29 is 17.9 Å². The van der Waals surface area contributed by atoms with Gasteiger partial charge in [0.1, 0.15) is 5.75 Å². The monoisotopic (exact) mass is 635 g/mol. The Morgan fingerprint density at radius 1 is 0.909 bits per heavy atom. The van der Waals surface area contributed by atoms with Gasteiger partial charge in [0.15, 0.2) is 0 Å². The normalized spacial score (nSPS) is 13.8. The molecule has 1 aliphatic heterocycles. The van der Waals surface area contributed by atoms with Gasteiger partial charge in [-0.05, 0) is 66.8 Å². The first-order valence-electron chi connectivity index (χ1n) is 14.4. The Morgan fingerprint density at radius 3 is 2.18 bits per heavy atom. The number of sulfonamides is 1. The molecule has 0 aliphatic carbocycles. The van der Waals surface area contributed by atoms with Crippen molar-refractivity contribution in [2.45, 2.75) is 31.8 Å². The molecule has 3 aromatic carbocycles. The second kappa shape index (κ2) is 15.6. The Labute approximate surface area is 265 Å². The van der Waals surface area contributed by atoms with Crippen LogP contribution in [-0.4, -0.2) is 56.3 Å². The Morgan fingerprint density at radius 2 is 1.57 bits per heavy atom. The number of para-hydroxylation sites is 1. The minimum atomic E-state index is -3.33. The first-order valence-corrected chi connectivity index (χ1v) is 16.3. The third kappa shape index (κ3) is 9.97. The predicted molar refractivity (Wildman–Crippen MR) is 177 cm³/mol. The fraction of sp³-hybridized carbons (Fsp3) is 0.273. The van der Waals surface area contributed by atoms with Crippen molar-refractivity contribution in [2.75, 3.05) is 35.5 Å².